The molecule has 64 valence electrons. The van der Waals surface area contributed by atoms with Gasteiger partial charge in [0.2, 0.25) is 0 Å². The van der Waals surface area contributed by atoms with E-state index in [-0.39, 0.29) is 6.54 Å². The van der Waals surface area contributed by atoms with Gasteiger partial charge < -0.3 is 10.5 Å². The van der Waals surface area contributed by atoms with Gasteiger partial charge in [-0.05, 0) is 24.3 Å². The van der Waals surface area contributed by atoms with Crippen molar-refractivity contribution in [3.05, 3.63) is 28.7 Å². The molecular formula is C8H8BrNO2. The molecule has 0 heterocycles. The van der Waals surface area contributed by atoms with Gasteiger partial charge >= 0.3 is 5.97 Å². The van der Waals surface area contributed by atoms with Crippen LogP contribution in [-0.2, 0) is 4.79 Å². The van der Waals surface area contributed by atoms with E-state index in [1.807, 2.05) is 0 Å². The molecule has 1 aromatic rings. The summed E-state index contributed by atoms with van der Waals surface area (Å²) in [6.07, 6.45) is 0. The fraction of sp³-hybridized carbons (Fsp3) is 0.125. The monoisotopic (exact) mass is 229 g/mol. The third-order valence-electron chi connectivity index (χ3n) is 1.21. The molecule has 0 saturated heterocycles. The highest BCUT2D eigenvalue weighted by Gasteiger charge is 1.99. The number of halogens is 1. The van der Waals surface area contributed by atoms with E-state index in [0.717, 1.165) is 4.47 Å². The van der Waals surface area contributed by atoms with E-state index >= 15 is 0 Å². The lowest BCUT2D eigenvalue weighted by Gasteiger charge is -2.01. The number of benzene rings is 1. The summed E-state index contributed by atoms with van der Waals surface area (Å²) in [5.74, 6) is 0.0750. The van der Waals surface area contributed by atoms with E-state index in [9.17, 15) is 4.79 Å². The van der Waals surface area contributed by atoms with Crippen molar-refractivity contribution < 1.29 is 9.53 Å². The standard InChI is InChI=1S/C8H8BrNO2/c9-6-1-3-7(4-2-6)12-8(11)5-10/h1-4H,5,10H2. The summed E-state index contributed by atoms with van der Waals surface area (Å²) in [5, 5.41) is 0. The zero-order chi connectivity index (χ0) is 8.97. The number of hydrogen-bond acceptors (Lipinski definition) is 3. The summed E-state index contributed by atoms with van der Waals surface area (Å²) in [5.41, 5.74) is 5.07. The highest BCUT2D eigenvalue weighted by molar-refractivity contribution is 9.10. The molecule has 2 N–H and O–H groups in total. The molecule has 1 aromatic carbocycles. The fourth-order valence-corrected chi connectivity index (χ4v) is 0.940. The molecule has 0 aromatic heterocycles. The average molecular weight is 230 g/mol. The van der Waals surface area contributed by atoms with Gasteiger partial charge in [-0.15, -0.1) is 0 Å². The van der Waals surface area contributed by atoms with Crippen molar-refractivity contribution in [2.75, 3.05) is 6.54 Å². The van der Waals surface area contributed by atoms with Crippen LogP contribution in [0.15, 0.2) is 28.7 Å². The van der Waals surface area contributed by atoms with Crippen LogP contribution in [0.1, 0.15) is 0 Å². The Kier molecular flexibility index (Phi) is 3.25. The van der Waals surface area contributed by atoms with Crippen molar-refractivity contribution in [3.63, 3.8) is 0 Å². The minimum absolute atomic E-state index is 0.101. The molecule has 0 aliphatic rings. The van der Waals surface area contributed by atoms with Crippen molar-refractivity contribution in [1.82, 2.24) is 0 Å². The third kappa shape index (κ3) is 2.64. The van der Waals surface area contributed by atoms with Crippen molar-refractivity contribution in [2.45, 2.75) is 0 Å². The Morgan fingerprint density at radius 3 is 2.50 bits per heavy atom. The normalized spacial score (nSPS) is 9.50. The van der Waals surface area contributed by atoms with Crippen LogP contribution in [-0.4, -0.2) is 12.5 Å². The Labute approximate surface area is 78.6 Å². The summed E-state index contributed by atoms with van der Waals surface area (Å²) >= 11 is 3.26. The van der Waals surface area contributed by atoms with Gasteiger partial charge in [-0.2, -0.15) is 0 Å². The van der Waals surface area contributed by atoms with Gasteiger partial charge in [0.05, 0.1) is 6.54 Å². The van der Waals surface area contributed by atoms with Gasteiger partial charge in [-0.1, -0.05) is 15.9 Å². The Morgan fingerprint density at radius 2 is 2.00 bits per heavy atom. The minimum atomic E-state index is -0.433. The summed E-state index contributed by atoms with van der Waals surface area (Å²) < 4.78 is 5.77. The van der Waals surface area contributed by atoms with Crippen LogP contribution in [0.5, 0.6) is 5.75 Å². The molecule has 4 heteroatoms. The third-order valence-corrected chi connectivity index (χ3v) is 1.74. The molecule has 0 fully saturated rings. The van der Waals surface area contributed by atoms with Crippen LogP contribution in [0.4, 0.5) is 0 Å². The lowest BCUT2D eigenvalue weighted by Crippen LogP contribution is -2.19. The van der Waals surface area contributed by atoms with Crippen LogP contribution in [0.3, 0.4) is 0 Å². The second-order valence-electron chi connectivity index (χ2n) is 2.13. The summed E-state index contributed by atoms with van der Waals surface area (Å²) in [7, 11) is 0. The van der Waals surface area contributed by atoms with Crippen molar-refractivity contribution in [1.29, 1.82) is 0 Å². The highest BCUT2D eigenvalue weighted by Crippen LogP contribution is 2.15. The maximum Gasteiger partial charge on any atom is 0.325 e. The van der Waals surface area contributed by atoms with E-state index in [4.69, 9.17) is 10.5 Å². The smallest absolute Gasteiger partial charge is 0.325 e. The molecule has 3 nitrogen and oxygen atoms in total. The topological polar surface area (TPSA) is 52.3 Å². The number of carbonyl (C=O) groups is 1. The van der Waals surface area contributed by atoms with Gasteiger partial charge in [0.25, 0.3) is 0 Å². The van der Waals surface area contributed by atoms with Crippen molar-refractivity contribution >= 4 is 21.9 Å². The average Bonchev–Trinajstić information content (AvgIpc) is 2.09. The second-order valence-corrected chi connectivity index (χ2v) is 3.05. The Balaban J connectivity index is 2.64. The van der Waals surface area contributed by atoms with Gasteiger partial charge in [0.15, 0.2) is 0 Å². The molecule has 0 amide bonds. The van der Waals surface area contributed by atoms with Gasteiger partial charge in [0, 0.05) is 4.47 Å². The second kappa shape index (κ2) is 4.23. The molecule has 0 saturated carbocycles. The Hall–Kier alpha value is -0.870. The van der Waals surface area contributed by atoms with Crippen molar-refractivity contribution in [2.24, 2.45) is 5.73 Å². The number of rotatable bonds is 2. The number of ether oxygens (including phenoxy) is 1. The number of nitrogens with two attached hydrogens (primary N) is 1. The van der Waals surface area contributed by atoms with Crippen LogP contribution < -0.4 is 10.5 Å². The van der Waals surface area contributed by atoms with Gasteiger partial charge in [-0.3, -0.25) is 4.79 Å². The Morgan fingerprint density at radius 1 is 1.42 bits per heavy atom. The maximum absolute atomic E-state index is 10.7. The summed E-state index contributed by atoms with van der Waals surface area (Å²) in [6.45, 7) is -0.101. The first-order valence-corrected chi connectivity index (χ1v) is 4.18. The minimum Gasteiger partial charge on any atom is -0.426 e. The number of carbonyl (C=O) groups excluding carboxylic acids is 1. The molecule has 0 unspecified atom stereocenters. The molecule has 0 spiro atoms. The maximum atomic E-state index is 10.7. The summed E-state index contributed by atoms with van der Waals surface area (Å²) in [4.78, 5) is 10.7. The highest BCUT2D eigenvalue weighted by atomic mass is 79.9. The zero-order valence-corrected chi connectivity index (χ0v) is 7.87. The molecule has 0 aliphatic carbocycles. The zero-order valence-electron chi connectivity index (χ0n) is 6.29. The first-order chi connectivity index (χ1) is 5.72. The molecule has 12 heavy (non-hydrogen) atoms. The van der Waals surface area contributed by atoms with E-state index in [1.165, 1.54) is 0 Å². The van der Waals surface area contributed by atoms with E-state index in [0.29, 0.717) is 5.75 Å². The van der Waals surface area contributed by atoms with Gasteiger partial charge in [-0.25, -0.2) is 0 Å². The predicted octanol–water partition coefficient (Wildman–Crippen LogP) is 1.31. The Bertz CT molecular complexity index is 271. The lowest BCUT2D eigenvalue weighted by molar-refractivity contribution is -0.132. The lowest BCUT2D eigenvalue weighted by atomic mass is 10.3. The molecule has 0 radical (unpaired) electrons. The molecular weight excluding hydrogens is 222 g/mol. The van der Waals surface area contributed by atoms with Crippen molar-refractivity contribution in [3.8, 4) is 5.75 Å². The van der Waals surface area contributed by atoms with Crippen LogP contribution in [0.25, 0.3) is 0 Å². The van der Waals surface area contributed by atoms with Gasteiger partial charge in [0.1, 0.15) is 5.75 Å². The van der Waals surface area contributed by atoms with Crippen LogP contribution >= 0.6 is 15.9 Å². The first-order valence-electron chi connectivity index (χ1n) is 3.38. The molecule has 0 atom stereocenters. The van der Waals surface area contributed by atoms with E-state index in [2.05, 4.69) is 15.9 Å². The fourth-order valence-electron chi connectivity index (χ4n) is 0.676. The summed E-state index contributed by atoms with van der Waals surface area (Å²) in [6, 6.07) is 6.97. The predicted molar refractivity (Wildman–Crippen MR) is 48.8 cm³/mol. The first kappa shape index (κ1) is 9.22. The SMILES string of the molecule is NCC(=O)Oc1ccc(Br)cc1. The number of esters is 1. The molecule has 0 aliphatic heterocycles. The van der Waals surface area contributed by atoms with E-state index < -0.39 is 5.97 Å². The molecule has 0 bridgehead atoms. The largest absolute Gasteiger partial charge is 0.426 e. The van der Waals surface area contributed by atoms with Crippen LogP contribution in [0, 0.1) is 0 Å². The molecule has 1 rings (SSSR count). The van der Waals surface area contributed by atoms with Crippen LogP contribution in [0.2, 0.25) is 0 Å². The van der Waals surface area contributed by atoms with E-state index in [1.54, 1.807) is 24.3 Å². The number of hydrogen-bond donors (Lipinski definition) is 1. The quantitative estimate of drug-likeness (QED) is 0.615.